The van der Waals surface area contributed by atoms with Gasteiger partial charge < -0.3 is 10.3 Å². The summed E-state index contributed by atoms with van der Waals surface area (Å²) in [5, 5.41) is 6.44. The van der Waals surface area contributed by atoms with Gasteiger partial charge in [-0.1, -0.05) is 30.3 Å². The van der Waals surface area contributed by atoms with E-state index >= 15 is 0 Å². The lowest BCUT2D eigenvalue weighted by atomic mass is 9.95. The van der Waals surface area contributed by atoms with Gasteiger partial charge in [-0.05, 0) is 64.0 Å². The average Bonchev–Trinajstić information content (AvgIpc) is 2.61. The molecule has 0 aliphatic rings. The predicted octanol–water partition coefficient (Wildman–Crippen LogP) is 4.62. The number of rotatable bonds is 2. The molecular formula is C22H18N2O2. The van der Waals surface area contributed by atoms with Crippen LogP contribution < -0.4 is 10.9 Å². The van der Waals surface area contributed by atoms with Crippen LogP contribution in [0.5, 0.6) is 0 Å². The maximum Gasteiger partial charge on any atom is 0.256 e. The van der Waals surface area contributed by atoms with Gasteiger partial charge in [0.05, 0.1) is 5.39 Å². The Kier molecular flexibility index (Phi) is 3.81. The third-order valence-corrected chi connectivity index (χ3v) is 4.60. The number of nitrogens with one attached hydrogen (secondary N) is 2. The van der Waals surface area contributed by atoms with Gasteiger partial charge in [0.1, 0.15) is 0 Å². The van der Waals surface area contributed by atoms with E-state index in [9.17, 15) is 9.59 Å². The number of benzene rings is 3. The van der Waals surface area contributed by atoms with Gasteiger partial charge in [0, 0.05) is 18.8 Å². The molecule has 128 valence electrons. The number of anilines is 1. The van der Waals surface area contributed by atoms with Gasteiger partial charge in [0.15, 0.2) is 0 Å². The molecule has 26 heavy (non-hydrogen) atoms. The SMILES string of the molecule is CC(=O)Nc1cccc(-c2ccc3c(C)cc4cc[nH]c(=O)c4c3c2)c1. The van der Waals surface area contributed by atoms with E-state index < -0.39 is 0 Å². The van der Waals surface area contributed by atoms with Crippen molar-refractivity contribution in [1.29, 1.82) is 0 Å². The molecule has 2 N–H and O–H groups in total. The van der Waals surface area contributed by atoms with Crippen molar-refractivity contribution in [3.63, 3.8) is 0 Å². The van der Waals surface area contributed by atoms with E-state index in [1.54, 1.807) is 6.20 Å². The van der Waals surface area contributed by atoms with Gasteiger partial charge in [0.2, 0.25) is 5.91 Å². The van der Waals surface area contributed by atoms with Crippen LogP contribution in [0, 0.1) is 6.92 Å². The summed E-state index contributed by atoms with van der Waals surface area (Å²) in [4.78, 5) is 26.5. The number of H-pyrrole nitrogens is 1. The van der Waals surface area contributed by atoms with Gasteiger partial charge in [-0.3, -0.25) is 9.59 Å². The van der Waals surface area contributed by atoms with E-state index in [2.05, 4.69) is 23.3 Å². The number of carbonyl (C=O) groups is 1. The Morgan fingerprint density at radius 3 is 2.58 bits per heavy atom. The van der Waals surface area contributed by atoms with Crippen molar-refractivity contribution >= 4 is 33.1 Å². The van der Waals surface area contributed by atoms with Crippen LogP contribution in [0.1, 0.15) is 12.5 Å². The molecule has 1 aromatic heterocycles. The highest BCUT2D eigenvalue weighted by atomic mass is 16.1. The van der Waals surface area contributed by atoms with E-state index in [4.69, 9.17) is 0 Å². The third kappa shape index (κ3) is 2.75. The first-order valence-corrected chi connectivity index (χ1v) is 8.46. The van der Waals surface area contributed by atoms with Crippen LogP contribution in [0.15, 0.2) is 65.6 Å². The first-order valence-electron chi connectivity index (χ1n) is 8.46. The molecule has 4 nitrogen and oxygen atoms in total. The Hall–Kier alpha value is -3.40. The highest BCUT2D eigenvalue weighted by Crippen LogP contribution is 2.31. The number of hydrogen-bond acceptors (Lipinski definition) is 2. The molecule has 4 rings (SSSR count). The highest BCUT2D eigenvalue weighted by molar-refractivity contribution is 6.09. The lowest BCUT2D eigenvalue weighted by Gasteiger charge is -2.10. The Labute approximate surface area is 150 Å². The molecule has 4 aromatic rings. The van der Waals surface area contributed by atoms with Crippen LogP contribution in [-0.4, -0.2) is 10.9 Å². The number of aryl methyl sites for hydroxylation is 1. The number of aromatic nitrogens is 1. The summed E-state index contributed by atoms with van der Waals surface area (Å²) < 4.78 is 0. The number of hydrogen-bond donors (Lipinski definition) is 2. The molecular weight excluding hydrogens is 324 g/mol. The van der Waals surface area contributed by atoms with Crippen molar-refractivity contribution in [3.8, 4) is 11.1 Å². The minimum absolute atomic E-state index is 0.0864. The van der Waals surface area contributed by atoms with Crippen molar-refractivity contribution in [3.05, 3.63) is 76.7 Å². The van der Waals surface area contributed by atoms with Gasteiger partial charge in [-0.15, -0.1) is 0 Å². The summed E-state index contributed by atoms with van der Waals surface area (Å²) in [6.07, 6.45) is 1.68. The Balaban J connectivity index is 1.97. The molecule has 4 heteroatoms. The Morgan fingerprint density at radius 2 is 1.77 bits per heavy atom. The Bertz CT molecular complexity index is 1220. The monoisotopic (exact) mass is 342 g/mol. The summed E-state index contributed by atoms with van der Waals surface area (Å²) >= 11 is 0. The molecule has 1 amide bonds. The lowest BCUT2D eigenvalue weighted by Crippen LogP contribution is -2.05. The van der Waals surface area contributed by atoms with E-state index in [-0.39, 0.29) is 11.5 Å². The van der Waals surface area contributed by atoms with Crippen molar-refractivity contribution < 1.29 is 4.79 Å². The number of amides is 1. The zero-order valence-electron chi connectivity index (χ0n) is 14.6. The van der Waals surface area contributed by atoms with Gasteiger partial charge in [0.25, 0.3) is 5.56 Å². The van der Waals surface area contributed by atoms with E-state index in [0.29, 0.717) is 5.39 Å². The van der Waals surface area contributed by atoms with Crippen molar-refractivity contribution in [2.24, 2.45) is 0 Å². The molecule has 3 aromatic carbocycles. The number of carbonyl (C=O) groups excluding carboxylic acids is 1. The zero-order valence-corrected chi connectivity index (χ0v) is 14.6. The van der Waals surface area contributed by atoms with Gasteiger partial charge in [-0.2, -0.15) is 0 Å². The minimum atomic E-state index is -0.103. The van der Waals surface area contributed by atoms with Crippen LogP contribution in [0.25, 0.3) is 32.7 Å². The summed E-state index contributed by atoms with van der Waals surface area (Å²) in [7, 11) is 0. The fourth-order valence-electron chi connectivity index (χ4n) is 3.46. The molecule has 0 atom stereocenters. The van der Waals surface area contributed by atoms with E-state index in [0.717, 1.165) is 38.5 Å². The maximum absolute atomic E-state index is 12.4. The molecule has 0 unspecified atom stereocenters. The molecule has 0 spiro atoms. The normalized spacial score (nSPS) is 11.0. The third-order valence-electron chi connectivity index (χ3n) is 4.60. The smallest absolute Gasteiger partial charge is 0.256 e. The fraction of sp³-hybridized carbons (Fsp3) is 0.0909. The second-order valence-corrected chi connectivity index (χ2v) is 6.49. The van der Waals surface area contributed by atoms with Crippen LogP contribution in [-0.2, 0) is 4.79 Å². The Morgan fingerprint density at radius 1 is 0.962 bits per heavy atom. The molecule has 1 heterocycles. The first-order chi connectivity index (χ1) is 12.5. The summed E-state index contributed by atoms with van der Waals surface area (Å²) in [5.74, 6) is -0.103. The molecule has 0 saturated heterocycles. The van der Waals surface area contributed by atoms with E-state index in [1.165, 1.54) is 6.92 Å². The fourth-order valence-corrected chi connectivity index (χ4v) is 3.46. The quantitative estimate of drug-likeness (QED) is 0.522. The highest BCUT2D eigenvalue weighted by Gasteiger charge is 2.09. The topological polar surface area (TPSA) is 62.0 Å². The molecule has 0 radical (unpaired) electrons. The molecule has 0 aliphatic heterocycles. The molecule has 0 bridgehead atoms. The molecule has 0 aliphatic carbocycles. The van der Waals surface area contributed by atoms with Crippen LogP contribution >= 0.6 is 0 Å². The summed E-state index contributed by atoms with van der Waals surface area (Å²) in [6.45, 7) is 3.55. The number of aromatic amines is 1. The van der Waals surface area contributed by atoms with Crippen molar-refractivity contribution in [1.82, 2.24) is 4.98 Å². The average molecular weight is 342 g/mol. The maximum atomic E-state index is 12.4. The standard InChI is InChI=1S/C22H18N2O2/c1-13-10-17-8-9-23-22(26)21(17)20-12-16(6-7-19(13)20)15-4-3-5-18(11-15)24-14(2)25/h3-12H,1-2H3,(H,23,26)(H,24,25). The number of fused-ring (bicyclic) bond motifs is 3. The molecule has 0 fully saturated rings. The van der Waals surface area contributed by atoms with Crippen molar-refractivity contribution in [2.75, 3.05) is 5.32 Å². The molecule has 0 saturated carbocycles. The van der Waals surface area contributed by atoms with Crippen molar-refractivity contribution in [2.45, 2.75) is 13.8 Å². The zero-order chi connectivity index (χ0) is 18.3. The second kappa shape index (κ2) is 6.15. The van der Waals surface area contributed by atoms with E-state index in [1.807, 2.05) is 48.5 Å². The van der Waals surface area contributed by atoms with Crippen LogP contribution in [0.3, 0.4) is 0 Å². The summed E-state index contributed by atoms with van der Waals surface area (Å²) in [5.41, 5.74) is 3.79. The largest absolute Gasteiger partial charge is 0.329 e. The van der Waals surface area contributed by atoms with Gasteiger partial charge in [-0.25, -0.2) is 0 Å². The van der Waals surface area contributed by atoms with Crippen LogP contribution in [0.4, 0.5) is 5.69 Å². The van der Waals surface area contributed by atoms with Crippen LogP contribution in [0.2, 0.25) is 0 Å². The van der Waals surface area contributed by atoms with Gasteiger partial charge >= 0.3 is 0 Å². The number of pyridine rings is 1. The second-order valence-electron chi connectivity index (χ2n) is 6.49. The summed E-state index contributed by atoms with van der Waals surface area (Å²) in [6, 6.07) is 17.8. The first kappa shape index (κ1) is 16.1. The lowest BCUT2D eigenvalue weighted by molar-refractivity contribution is -0.114. The minimum Gasteiger partial charge on any atom is -0.329 e. The predicted molar refractivity (Wildman–Crippen MR) is 107 cm³/mol.